The molecule has 0 aliphatic heterocycles. The first-order chi connectivity index (χ1) is 20.8. The molecule has 0 spiro atoms. The summed E-state index contributed by atoms with van der Waals surface area (Å²) in [4.78, 5) is 4.36. The van der Waals surface area contributed by atoms with Gasteiger partial charge in [-0.2, -0.15) is 0 Å². The van der Waals surface area contributed by atoms with Crippen LogP contribution in [0.25, 0.3) is 38.8 Å². The second-order valence-corrected chi connectivity index (χ2v) is 8.43. The van der Waals surface area contributed by atoms with Gasteiger partial charge < -0.3 is 4.74 Å². The number of fused-ring (bicyclic) bond motifs is 3. The minimum absolute atomic E-state index is 0.164. The summed E-state index contributed by atoms with van der Waals surface area (Å²) in [5.74, 6) is 0.869. The van der Waals surface area contributed by atoms with Crippen molar-refractivity contribution in [3.05, 3.63) is 119 Å². The van der Waals surface area contributed by atoms with Gasteiger partial charge in [-0.25, -0.2) is 4.98 Å². The van der Waals surface area contributed by atoms with Gasteiger partial charge in [0, 0.05) is 37.2 Å². The number of hydrogen-bond acceptors (Lipinski definition) is 2. The van der Waals surface area contributed by atoms with E-state index >= 15 is 0 Å². The highest BCUT2D eigenvalue weighted by Gasteiger charge is 2.15. The predicted molar refractivity (Wildman–Crippen MR) is 143 cm³/mol. The highest BCUT2D eigenvalue weighted by molar-refractivity contribution is 9.10. The zero-order chi connectivity index (χ0) is 31.7. The lowest BCUT2D eigenvalue weighted by atomic mass is 10.0. The molecule has 0 amide bonds. The van der Waals surface area contributed by atoms with Gasteiger partial charge in [-0.15, -0.1) is 0 Å². The summed E-state index contributed by atoms with van der Waals surface area (Å²) in [6, 6.07) is 16.0. The van der Waals surface area contributed by atoms with Gasteiger partial charge in [-0.3, -0.25) is 4.57 Å². The molecule has 34 heavy (non-hydrogen) atoms. The fourth-order valence-electron chi connectivity index (χ4n) is 3.94. The molecule has 0 saturated carbocycles. The van der Waals surface area contributed by atoms with Crippen LogP contribution in [0.4, 0.5) is 0 Å². The monoisotopic (exact) mass is 514 g/mol. The number of para-hydroxylation sites is 1. The molecule has 2 heterocycles. The van der Waals surface area contributed by atoms with Crippen molar-refractivity contribution in [1.29, 1.82) is 0 Å². The van der Waals surface area contributed by atoms with Gasteiger partial charge in [0.1, 0.15) is 17.3 Å². The minimum atomic E-state index is -3.00. The van der Waals surface area contributed by atoms with Crippen molar-refractivity contribution in [3.63, 3.8) is 0 Å². The van der Waals surface area contributed by atoms with Crippen LogP contribution in [0.5, 0.6) is 11.5 Å². The fraction of sp³-hybridized carbons (Fsp3) is 0.0333. The summed E-state index contributed by atoms with van der Waals surface area (Å²) in [5.41, 5.74) is -0.513. The highest BCUT2D eigenvalue weighted by Crippen LogP contribution is 2.36. The molecule has 0 bridgehead atoms. The molecule has 0 radical (unpaired) electrons. The largest absolute Gasteiger partial charge is 0.457 e. The van der Waals surface area contributed by atoms with Crippen LogP contribution in [0.1, 0.15) is 19.3 Å². The summed E-state index contributed by atoms with van der Waals surface area (Å²) in [7, 11) is 0. The SMILES string of the molecule is [2H]c1nc(-n2c3ccccc3c3ccc(Oc4cccc(Br)c4)cc32)c([2H])c(C([2H])([2H])[2H])c1-c1c([2H])c([2H])c([2H])c([2H])c1[2H]. The minimum Gasteiger partial charge on any atom is -0.457 e. The number of rotatable bonds is 4. The van der Waals surface area contributed by atoms with Crippen molar-refractivity contribution in [2.75, 3.05) is 0 Å². The van der Waals surface area contributed by atoms with E-state index in [-0.39, 0.29) is 5.82 Å². The van der Waals surface area contributed by atoms with Gasteiger partial charge in [0.15, 0.2) is 0 Å². The van der Waals surface area contributed by atoms with Gasteiger partial charge in [0.2, 0.25) is 0 Å². The van der Waals surface area contributed by atoms with Crippen molar-refractivity contribution in [2.24, 2.45) is 0 Å². The van der Waals surface area contributed by atoms with Crippen LogP contribution in [0.15, 0.2) is 114 Å². The third kappa shape index (κ3) is 3.66. The van der Waals surface area contributed by atoms with Crippen LogP contribution >= 0.6 is 15.9 Å². The first-order valence-electron chi connectivity index (χ1n) is 15.4. The molecule has 0 N–H and O–H groups in total. The standard InChI is InChI=1S/C30H21BrN2O/c1-20-16-30(32-19-27(20)21-8-3-2-4-9-21)33-28-13-6-5-12-25(28)26-15-14-24(18-29(26)33)34-23-11-7-10-22(31)17-23/h2-19H,1H3/i1D3,2D,3D,4D,8D,9D,16D,19D. The first-order valence-corrected chi connectivity index (χ1v) is 11.1. The van der Waals surface area contributed by atoms with Crippen LogP contribution in [-0.4, -0.2) is 9.55 Å². The van der Waals surface area contributed by atoms with E-state index in [0.717, 1.165) is 15.2 Å². The van der Waals surface area contributed by atoms with Gasteiger partial charge in [-0.1, -0.05) is 70.4 Å². The van der Waals surface area contributed by atoms with Gasteiger partial charge in [0.25, 0.3) is 0 Å². The number of halogens is 1. The van der Waals surface area contributed by atoms with E-state index in [1.807, 2.05) is 30.3 Å². The van der Waals surface area contributed by atoms with Crippen LogP contribution in [-0.2, 0) is 0 Å². The Labute approximate surface area is 220 Å². The van der Waals surface area contributed by atoms with E-state index in [0.29, 0.717) is 22.5 Å². The molecule has 2 aromatic heterocycles. The van der Waals surface area contributed by atoms with Crippen molar-refractivity contribution < 1.29 is 18.4 Å². The second-order valence-electron chi connectivity index (χ2n) is 7.51. The zero-order valence-corrected chi connectivity index (χ0v) is 19.1. The fourth-order valence-corrected chi connectivity index (χ4v) is 4.32. The Kier molecular flexibility index (Phi) is 3.12. The summed E-state index contributed by atoms with van der Waals surface area (Å²) in [6.07, 6.45) is -0.645. The van der Waals surface area contributed by atoms with Crippen molar-refractivity contribution >= 4 is 37.7 Å². The topological polar surface area (TPSA) is 27.1 Å². The Bertz CT molecular complexity index is 2110. The van der Waals surface area contributed by atoms with Gasteiger partial charge in [-0.05, 0) is 60.4 Å². The van der Waals surface area contributed by atoms with E-state index in [2.05, 4.69) is 20.9 Å². The molecule has 6 aromatic rings. The molecule has 6 rings (SSSR count). The summed E-state index contributed by atoms with van der Waals surface area (Å²) >= 11 is 3.43. The predicted octanol–water partition coefficient (Wildman–Crippen LogP) is 8.71. The lowest BCUT2D eigenvalue weighted by Gasteiger charge is -2.12. The number of benzene rings is 4. The third-order valence-electron chi connectivity index (χ3n) is 5.40. The van der Waals surface area contributed by atoms with Crippen LogP contribution in [0.3, 0.4) is 0 Å². The molecular formula is C30H21BrN2O. The number of ether oxygens (including phenoxy) is 1. The Morgan fingerprint density at radius 1 is 0.882 bits per heavy atom. The second kappa shape index (κ2) is 8.47. The molecule has 0 unspecified atom stereocenters. The quantitative estimate of drug-likeness (QED) is 0.235. The molecule has 3 nitrogen and oxygen atoms in total. The van der Waals surface area contributed by atoms with E-state index in [4.69, 9.17) is 18.4 Å². The zero-order valence-electron chi connectivity index (χ0n) is 27.5. The Balaban J connectivity index is 1.68. The van der Waals surface area contributed by atoms with Crippen LogP contribution in [0, 0.1) is 6.85 Å². The first kappa shape index (κ1) is 12.5. The number of hydrogen-bond donors (Lipinski definition) is 0. The molecule has 0 aliphatic carbocycles. The number of nitrogens with zero attached hydrogens (tertiary/aromatic N) is 2. The molecule has 4 heteroatoms. The normalized spacial score (nSPS) is 15.8. The summed E-state index contributed by atoms with van der Waals surface area (Å²) in [6.45, 7) is -3.00. The number of pyridine rings is 1. The van der Waals surface area contributed by atoms with Gasteiger partial charge >= 0.3 is 0 Å². The van der Waals surface area contributed by atoms with Crippen LogP contribution in [0.2, 0.25) is 0 Å². The molecule has 0 aliphatic rings. The summed E-state index contributed by atoms with van der Waals surface area (Å²) in [5, 5.41) is 1.55. The summed E-state index contributed by atoms with van der Waals surface area (Å²) < 4.78 is 92.5. The molecular weight excluding hydrogens is 484 g/mol. The van der Waals surface area contributed by atoms with Crippen molar-refractivity contribution in [2.45, 2.75) is 6.85 Å². The maximum Gasteiger partial charge on any atom is 0.137 e. The lowest BCUT2D eigenvalue weighted by molar-refractivity contribution is 0.483. The third-order valence-corrected chi connectivity index (χ3v) is 5.89. The van der Waals surface area contributed by atoms with Crippen molar-refractivity contribution in [1.82, 2.24) is 9.55 Å². The van der Waals surface area contributed by atoms with E-state index in [1.165, 1.54) is 0 Å². The molecule has 0 atom stereocenters. The maximum atomic E-state index is 9.15. The Morgan fingerprint density at radius 2 is 1.71 bits per heavy atom. The average Bonchev–Trinajstić information content (AvgIpc) is 3.29. The number of aromatic nitrogens is 2. The van der Waals surface area contributed by atoms with E-state index in [1.54, 1.807) is 41.0 Å². The highest BCUT2D eigenvalue weighted by atomic mass is 79.9. The smallest absolute Gasteiger partial charge is 0.137 e. The molecule has 4 aromatic carbocycles. The Morgan fingerprint density at radius 3 is 2.56 bits per heavy atom. The van der Waals surface area contributed by atoms with Gasteiger partial charge in [0.05, 0.1) is 20.6 Å². The molecule has 0 fully saturated rings. The van der Waals surface area contributed by atoms with E-state index in [9.17, 15) is 0 Å². The molecule has 164 valence electrons. The van der Waals surface area contributed by atoms with E-state index < -0.39 is 66.0 Å². The van der Waals surface area contributed by atoms with Crippen LogP contribution < -0.4 is 4.74 Å². The van der Waals surface area contributed by atoms with Crippen molar-refractivity contribution in [3.8, 4) is 28.4 Å². The Hall–Kier alpha value is -3.89. The average molecular weight is 515 g/mol. The maximum absolute atomic E-state index is 9.15. The molecule has 0 saturated heterocycles. The lowest BCUT2D eigenvalue weighted by Crippen LogP contribution is -1.99.